The van der Waals surface area contributed by atoms with Crippen molar-refractivity contribution in [2.75, 3.05) is 0 Å². The van der Waals surface area contributed by atoms with Gasteiger partial charge in [-0.3, -0.25) is 9.89 Å². The van der Waals surface area contributed by atoms with E-state index in [4.69, 9.17) is 10.8 Å². The molecule has 5 heteroatoms. The van der Waals surface area contributed by atoms with Crippen molar-refractivity contribution in [1.29, 1.82) is 0 Å². The van der Waals surface area contributed by atoms with Crippen LogP contribution in [-0.4, -0.2) is 21.3 Å². The topological polar surface area (TPSA) is 92.0 Å². The summed E-state index contributed by atoms with van der Waals surface area (Å²) in [5.41, 5.74) is 7.76. The molecule has 1 heterocycles. The Balaban J connectivity index is 2.25. The number of aromatic nitrogens is 2. The molecule has 16 heavy (non-hydrogen) atoms. The van der Waals surface area contributed by atoms with Gasteiger partial charge in [-0.15, -0.1) is 0 Å². The summed E-state index contributed by atoms with van der Waals surface area (Å²) in [6.45, 7) is 0. The number of benzene rings is 1. The van der Waals surface area contributed by atoms with Gasteiger partial charge in [0.2, 0.25) is 0 Å². The molecule has 0 bridgehead atoms. The molecule has 0 saturated heterocycles. The average Bonchev–Trinajstić information content (AvgIpc) is 2.73. The third-order valence-electron chi connectivity index (χ3n) is 2.58. The molecule has 1 aromatic heterocycles. The molecule has 0 aliphatic carbocycles. The number of carboxylic acid groups (broad SMARTS) is 1. The standard InChI is InChI=1S/C11H13N3O2/c12-9(4-5-10(15)16)8-3-1-2-7-6-13-14-11(7)8/h1-3,6,9H,4-5,12H2,(H,13,14)(H,15,16). The summed E-state index contributed by atoms with van der Waals surface area (Å²) in [5, 5.41) is 16.4. The zero-order valence-corrected chi connectivity index (χ0v) is 8.68. The van der Waals surface area contributed by atoms with Crippen LogP contribution in [0.2, 0.25) is 0 Å². The number of carboxylic acids is 1. The molecule has 1 unspecified atom stereocenters. The summed E-state index contributed by atoms with van der Waals surface area (Å²) in [6, 6.07) is 5.45. The molecular formula is C11H13N3O2. The number of nitrogens with two attached hydrogens (primary N) is 1. The van der Waals surface area contributed by atoms with Crippen LogP contribution in [0.25, 0.3) is 10.9 Å². The van der Waals surface area contributed by atoms with Gasteiger partial charge in [-0.05, 0) is 12.0 Å². The molecule has 84 valence electrons. The predicted molar refractivity (Wildman–Crippen MR) is 59.9 cm³/mol. The van der Waals surface area contributed by atoms with E-state index in [0.717, 1.165) is 16.5 Å². The minimum Gasteiger partial charge on any atom is -0.481 e. The lowest BCUT2D eigenvalue weighted by molar-refractivity contribution is -0.137. The van der Waals surface area contributed by atoms with E-state index in [2.05, 4.69) is 10.2 Å². The Morgan fingerprint density at radius 2 is 2.38 bits per heavy atom. The quantitative estimate of drug-likeness (QED) is 0.725. The van der Waals surface area contributed by atoms with Gasteiger partial charge in [-0.25, -0.2) is 0 Å². The number of hydrogen-bond donors (Lipinski definition) is 3. The van der Waals surface area contributed by atoms with E-state index in [9.17, 15) is 4.79 Å². The number of rotatable bonds is 4. The van der Waals surface area contributed by atoms with Crippen LogP contribution in [0, 0.1) is 0 Å². The monoisotopic (exact) mass is 219 g/mol. The van der Waals surface area contributed by atoms with E-state index in [1.165, 1.54) is 0 Å². The van der Waals surface area contributed by atoms with E-state index in [-0.39, 0.29) is 12.5 Å². The van der Waals surface area contributed by atoms with Crippen molar-refractivity contribution in [2.45, 2.75) is 18.9 Å². The van der Waals surface area contributed by atoms with Crippen molar-refractivity contribution in [2.24, 2.45) is 5.73 Å². The summed E-state index contributed by atoms with van der Waals surface area (Å²) in [7, 11) is 0. The van der Waals surface area contributed by atoms with Crippen molar-refractivity contribution < 1.29 is 9.90 Å². The fraction of sp³-hybridized carbons (Fsp3) is 0.273. The largest absolute Gasteiger partial charge is 0.481 e. The molecule has 0 aliphatic rings. The van der Waals surface area contributed by atoms with Crippen molar-refractivity contribution >= 4 is 16.9 Å². The van der Waals surface area contributed by atoms with Crippen molar-refractivity contribution in [3.05, 3.63) is 30.0 Å². The minimum absolute atomic E-state index is 0.0751. The van der Waals surface area contributed by atoms with E-state index in [1.54, 1.807) is 6.20 Å². The van der Waals surface area contributed by atoms with Crippen LogP contribution >= 0.6 is 0 Å². The van der Waals surface area contributed by atoms with Gasteiger partial charge >= 0.3 is 5.97 Å². The van der Waals surface area contributed by atoms with Gasteiger partial charge in [0.05, 0.1) is 11.7 Å². The van der Waals surface area contributed by atoms with Crippen molar-refractivity contribution in [3.63, 3.8) is 0 Å². The number of para-hydroxylation sites is 1. The normalized spacial score (nSPS) is 12.8. The first-order valence-corrected chi connectivity index (χ1v) is 5.08. The van der Waals surface area contributed by atoms with E-state index in [0.29, 0.717) is 6.42 Å². The number of nitrogens with zero attached hydrogens (tertiary/aromatic N) is 1. The lowest BCUT2D eigenvalue weighted by atomic mass is 10.0. The molecule has 0 radical (unpaired) electrons. The summed E-state index contributed by atoms with van der Waals surface area (Å²) < 4.78 is 0. The Hall–Kier alpha value is -1.88. The Bertz CT molecular complexity index is 507. The highest BCUT2D eigenvalue weighted by Gasteiger charge is 2.12. The molecule has 0 amide bonds. The molecule has 5 nitrogen and oxygen atoms in total. The maximum absolute atomic E-state index is 10.5. The second-order valence-corrected chi connectivity index (χ2v) is 3.72. The number of aromatic amines is 1. The molecule has 0 aliphatic heterocycles. The summed E-state index contributed by atoms with van der Waals surface area (Å²) in [4.78, 5) is 10.5. The molecule has 0 spiro atoms. The molecule has 0 saturated carbocycles. The highest BCUT2D eigenvalue weighted by molar-refractivity contribution is 5.81. The van der Waals surface area contributed by atoms with Crippen LogP contribution in [0.3, 0.4) is 0 Å². The molecule has 1 aromatic carbocycles. The van der Waals surface area contributed by atoms with Crippen molar-refractivity contribution in [3.8, 4) is 0 Å². The highest BCUT2D eigenvalue weighted by atomic mass is 16.4. The van der Waals surface area contributed by atoms with Crippen LogP contribution in [0.15, 0.2) is 24.4 Å². The van der Waals surface area contributed by atoms with E-state index in [1.807, 2.05) is 18.2 Å². The van der Waals surface area contributed by atoms with Crippen molar-refractivity contribution in [1.82, 2.24) is 10.2 Å². The van der Waals surface area contributed by atoms with Gasteiger partial charge in [0.25, 0.3) is 0 Å². The minimum atomic E-state index is -0.827. The number of hydrogen-bond acceptors (Lipinski definition) is 3. The first-order valence-electron chi connectivity index (χ1n) is 5.08. The maximum Gasteiger partial charge on any atom is 0.303 e. The van der Waals surface area contributed by atoms with Gasteiger partial charge in [0.1, 0.15) is 0 Å². The van der Waals surface area contributed by atoms with E-state index >= 15 is 0 Å². The number of nitrogens with one attached hydrogen (secondary N) is 1. The summed E-state index contributed by atoms with van der Waals surface area (Å²) >= 11 is 0. The molecule has 0 fully saturated rings. The fourth-order valence-electron chi connectivity index (χ4n) is 1.74. The molecule has 2 aromatic rings. The molecule has 1 atom stereocenters. The Labute approximate surface area is 92.3 Å². The van der Waals surface area contributed by atoms with Gasteiger partial charge in [0, 0.05) is 17.8 Å². The van der Waals surface area contributed by atoms with Crippen LogP contribution in [0.1, 0.15) is 24.4 Å². The molecule has 2 rings (SSSR count). The van der Waals surface area contributed by atoms with Crippen LogP contribution < -0.4 is 5.73 Å². The third kappa shape index (κ3) is 2.04. The Kier molecular flexibility index (Phi) is 2.87. The number of aliphatic carboxylic acids is 1. The van der Waals surface area contributed by atoms with Crippen LogP contribution in [0.5, 0.6) is 0 Å². The maximum atomic E-state index is 10.5. The highest BCUT2D eigenvalue weighted by Crippen LogP contribution is 2.23. The van der Waals surface area contributed by atoms with Gasteiger partial charge in [-0.1, -0.05) is 18.2 Å². The fourth-order valence-corrected chi connectivity index (χ4v) is 1.74. The second-order valence-electron chi connectivity index (χ2n) is 3.72. The predicted octanol–water partition coefficient (Wildman–Crippen LogP) is 1.43. The third-order valence-corrected chi connectivity index (χ3v) is 2.58. The van der Waals surface area contributed by atoms with Gasteiger partial charge in [-0.2, -0.15) is 5.10 Å². The zero-order chi connectivity index (χ0) is 11.5. The lowest BCUT2D eigenvalue weighted by Crippen LogP contribution is -2.12. The lowest BCUT2D eigenvalue weighted by Gasteiger charge is -2.11. The van der Waals surface area contributed by atoms with Crippen LogP contribution in [-0.2, 0) is 4.79 Å². The number of H-pyrrole nitrogens is 1. The summed E-state index contributed by atoms with van der Waals surface area (Å²) in [5.74, 6) is -0.827. The Morgan fingerprint density at radius 3 is 3.12 bits per heavy atom. The average molecular weight is 219 g/mol. The number of carbonyl (C=O) groups is 1. The first kappa shape index (κ1) is 10.6. The van der Waals surface area contributed by atoms with Gasteiger partial charge < -0.3 is 10.8 Å². The SMILES string of the molecule is NC(CCC(=O)O)c1cccc2cn[nH]c12. The van der Waals surface area contributed by atoms with Gasteiger partial charge in [0.15, 0.2) is 0 Å². The number of fused-ring (bicyclic) bond motifs is 1. The first-order chi connectivity index (χ1) is 7.68. The van der Waals surface area contributed by atoms with E-state index < -0.39 is 5.97 Å². The smallest absolute Gasteiger partial charge is 0.303 e. The summed E-state index contributed by atoms with van der Waals surface area (Å²) in [6.07, 6.45) is 2.22. The Morgan fingerprint density at radius 1 is 1.56 bits per heavy atom. The molecular weight excluding hydrogens is 206 g/mol. The molecule has 4 N–H and O–H groups in total. The van der Waals surface area contributed by atoms with Crippen LogP contribution in [0.4, 0.5) is 0 Å². The zero-order valence-electron chi connectivity index (χ0n) is 8.68. The second kappa shape index (κ2) is 4.32.